The van der Waals surface area contributed by atoms with Gasteiger partial charge in [-0.3, -0.25) is 14.3 Å². The Hall–Kier alpha value is -3.94. The number of carbonyl (C=O) groups excluding carboxylic acids is 2. The summed E-state index contributed by atoms with van der Waals surface area (Å²) in [4.78, 5) is 25.8. The van der Waals surface area contributed by atoms with Gasteiger partial charge in [-0.1, -0.05) is 24.8 Å². The fraction of sp³-hybridized carbons (Fsp3) is 0.208. The maximum atomic E-state index is 14.8. The average Bonchev–Trinajstić information content (AvgIpc) is 3.27. The Bertz CT molecular complexity index is 1160. The highest BCUT2D eigenvalue weighted by Crippen LogP contribution is 2.31. The van der Waals surface area contributed by atoms with E-state index in [1.165, 1.54) is 18.2 Å². The minimum Gasteiger partial charge on any atom is -0.454 e. The third-order valence-corrected chi connectivity index (χ3v) is 5.43. The molecule has 164 valence electrons. The normalized spacial score (nSPS) is 15.9. The van der Waals surface area contributed by atoms with E-state index in [0.717, 1.165) is 12.8 Å². The number of ether oxygens (including phenoxy) is 1. The van der Waals surface area contributed by atoms with Crippen molar-refractivity contribution in [3.63, 3.8) is 0 Å². The van der Waals surface area contributed by atoms with Crippen molar-refractivity contribution in [1.82, 2.24) is 14.7 Å². The number of aromatic nitrogens is 2. The third kappa shape index (κ3) is 4.39. The minimum absolute atomic E-state index is 0.0610. The van der Waals surface area contributed by atoms with E-state index < -0.39 is 11.7 Å². The topological polar surface area (TPSA) is 90.5 Å². The molecule has 0 radical (unpaired) electrons. The highest BCUT2D eigenvalue weighted by Gasteiger charge is 2.26. The number of primary amides is 1. The van der Waals surface area contributed by atoms with Gasteiger partial charge >= 0.3 is 0 Å². The summed E-state index contributed by atoms with van der Waals surface area (Å²) in [7, 11) is 0. The van der Waals surface area contributed by atoms with Crippen LogP contribution in [0.15, 0.2) is 67.4 Å². The van der Waals surface area contributed by atoms with Crippen molar-refractivity contribution in [2.24, 2.45) is 5.73 Å². The fourth-order valence-corrected chi connectivity index (χ4v) is 3.82. The Morgan fingerprint density at radius 1 is 1.22 bits per heavy atom. The number of hydrogen-bond donors (Lipinski definition) is 1. The molecule has 2 aromatic carbocycles. The van der Waals surface area contributed by atoms with Gasteiger partial charge in [0.2, 0.25) is 5.91 Å². The number of piperidine rings is 1. The van der Waals surface area contributed by atoms with Gasteiger partial charge in [0.05, 0.1) is 11.6 Å². The molecular formula is C24H23FN4O3. The SMILES string of the molecule is C=CC(=O)N1CCC[C@@H](n2cc(C(N)=O)c(-c3ccc(Oc4ccccc4)c(F)c3)n2)C1. The van der Waals surface area contributed by atoms with Crippen LogP contribution >= 0.6 is 0 Å². The van der Waals surface area contributed by atoms with Gasteiger partial charge in [0, 0.05) is 24.8 Å². The molecule has 1 aliphatic rings. The Morgan fingerprint density at radius 3 is 2.69 bits per heavy atom. The molecule has 7 nitrogen and oxygen atoms in total. The predicted molar refractivity (Wildman–Crippen MR) is 118 cm³/mol. The maximum Gasteiger partial charge on any atom is 0.252 e. The molecule has 0 bridgehead atoms. The summed E-state index contributed by atoms with van der Waals surface area (Å²) in [6.07, 6.45) is 4.44. The zero-order valence-corrected chi connectivity index (χ0v) is 17.4. The quantitative estimate of drug-likeness (QED) is 0.595. The number of amides is 2. The van der Waals surface area contributed by atoms with Crippen LogP contribution in [0.2, 0.25) is 0 Å². The number of benzene rings is 2. The van der Waals surface area contributed by atoms with Crippen LogP contribution < -0.4 is 10.5 Å². The van der Waals surface area contributed by atoms with Crippen LogP contribution in [0.3, 0.4) is 0 Å². The molecule has 1 saturated heterocycles. The largest absolute Gasteiger partial charge is 0.454 e. The number of rotatable bonds is 6. The molecule has 1 fully saturated rings. The van der Waals surface area contributed by atoms with E-state index in [1.807, 2.05) is 6.07 Å². The van der Waals surface area contributed by atoms with E-state index in [4.69, 9.17) is 10.5 Å². The van der Waals surface area contributed by atoms with Crippen molar-refractivity contribution in [3.8, 4) is 22.8 Å². The zero-order chi connectivity index (χ0) is 22.7. The molecule has 2 N–H and O–H groups in total. The summed E-state index contributed by atoms with van der Waals surface area (Å²) in [5, 5.41) is 4.54. The highest BCUT2D eigenvalue weighted by molar-refractivity contribution is 5.98. The summed E-state index contributed by atoms with van der Waals surface area (Å²) in [5.41, 5.74) is 6.46. The van der Waals surface area contributed by atoms with Gasteiger partial charge in [0.25, 0.3) is 5.91 Å². The molecule has 8 heteroatoms. The molecule has 2 heterocycles. The number of likely N-dealkylation sites (tertiary alicyclic amines) is 1. The highest BCUT2D eigenvalue weighted by atomic mass is 19.1. The standard InChI is InChI=1S/C24H23FN4O3/c1-2-22(30)28-12-6-7-17(14-28)29-15-19(24(26)31)23(27-29)16-10-11-21(20(25)13-16)32-18-8-4-3-5-9-18/h2-5,8-11,13,15,17H,1,6-7,12,14H2,(H2,26,31)/t17-/m1/s1. The zero-order valence-electron chi connectivity index (χ0n) is 17.4. The first kappa shape index (κ1) is 21.3. The number of halogens is 1. The van der Waals surface area contributed by atoms with Crippen molar-refractivity contribution < 1.29 is 18.7 Å². The van der Waals surface area contributed by atoms with Gasteiger partial charge in [0.1, 0.15) is 11.4 Å². The summed E-state index contributed by atoms with van der Waals surface area (Å²) in [6, 6.07) is 13.2. The average molecular weight is 434 g/mol. The molecule has 0 aliphatic carbocycles. The fourth-order valence-electron chi connectivity index (χ4n) is 3.82. The van der Waals surface area contributed by atoms with E-state index in [9.17, 15) is 14.0 Å². The number of nitrogens with zero attached hydrogens (tertiary/aromatic N) is 3. The third-order valence-electron chi connectivity index (χ3n) is 5.43. The van der Waals surface area contributed by atoms with E-state index in [1.54, 1.807) is 46.1 Å². The van der Waals surface area contributed by atoms with E-state index in [2.05, 4.69) is 11.7 Å². The van der Waals surface area contributed by atoms with Crippen LogP contribution in [0.25, 0.3) is 11.3 Å². The van der Waals surface area contributed by atoms with Gasteiger partial charge in [-0.15, -0.1) is 0 Å². The molecule has 0 unspecified atom stereocenters. The van der Waals surface area contributed by atoms with Crippen LogP contribution in [-0.4, -0.2) is 39.6 Å². The van der Waals surface area contributed by atoms with Crippen LogP contribution in [0.1, 0.15) is 29.2 Å². The number of para-hydroxylation sites is 1. The molecule has 0 spiro atoms. The van der Waals surface area contributed by atoms with Crippen LogP contribution in [0.5, 0.6) is 11.5 Å². The van der Waals surface area contributed by atoms with Crippen molar-refractivity contribution in [2.45, 2.75) is 18.9 Å². The van der Waals surface area contributed by atoms with Crippen molar-refractivity contribution in [1.29, 1.82) is 0 Å². The lowest BCUT2D eigenvalue weighted by molar-refractivity contribution is -0.127. The Kier molecular flexibility index (Phi) is 6.02. The molecule has 1 atom stereocenters. The molecule has 4 rings (SSSR count). The Morgan fingerprint density at radius 2 is 2.00 bits per heavy atom. The lowest BCUT2D eigenvalue weighted by Gasteiger charge is -2.32. The lowest BCUT2D eigenvalue weighted by atomic mass is 10.1. The van der Waals surface area contributed by atoms with Crippen molar-refractivity contribution >= 4 is 11.8 Å². The van der Waals surface area contributed by atoms with Crippen LogP contribution in [0.4, 0.5) is 4.39 Å². The molecule has 1 aromatic heterocycles. The molecule has 0 saturated carbocycles. The van der Waals surface area contributed by atoms with Crippen LogP contribution in [-0.2, 0) is 4.79 Å². The molecule has 2 amide bonds. The summed E-state index contributed by atoms with van der Waals surface area (Å²) >= 11 is 0. The van der Waals surface area contributed by atoms with E-state index >= 15 is 0 Å². The summed E-state index contributed by atoms with van der Waals surface area (Å²) < 4.78 is 22.0. The second-order valence-electron chi connectivity index (χ2n) is 7.58. The first-order valence-electron chi connectivity index (χ1n) is 10.3. The first-order valence-corrected chi connectivity index (χ1v) is 10.3. The van der Waals surface area contributed by atoms with Gasteiger partial charge in [-0.2, -0.15) is 5.10 Å². The minimum atomic E-state index is -0.661. The first-order chi connectivity index (χ1) is 15.5. The lowest BCUT2D eigenvalue weighted by Crippen LogP contribution is -2.40. The molecule has 3 aromatic rings. The smallest absolute Gasteiger partial charge is 0.252 e. The van der Waals surface area contributed by atoms with Gasteiger partial charge in [-0.05, 0) is 49.2 Å². The predicted octanol–water partition coefficient (Wildman–Crippen LogP) is 3.93. The summed E-state index contributed by atoms with van der Waals surface area (Å²) in [5.74, 6) is -0.820. The second kappa shape index (κ2) is 9.05. The van der Waals surface area contributed by atoms with Gasteiger partial charge in [0.15, 0.2) is 11.6 Å². The van der Waals surface area contributed by atoms with Crippen molar-refractivity contribution in [3.05, 3.63) is 78.8 Å². The number of nitrogens with two attached hydrogens (primary N) is 1. The number of carbonyl (C=O) groups is 2. The Balaban J connectivity index is 1.63. The van der Waals surface area contributed by atoms with E-state index in [-0.39, 0.29) is 29.0 Å². The maximum absolute atomic E-state index is 14.8. The second-order valence-corrected chi connectivity index (χ2v) is 7.58. The van der Waals surface area contributed by atoms with Crippen molar-refractivity contribution in [2.75, 3.05) is 13.1 Å². The molecular weight excluding hydrogens is 411 g/mol. The monoisotopic (exact) mass is 434 g/mol. The molecule has 1 aliphatic heterocycles. The summed E-state index contributed by atoms with van der Waals surface area (Å²) in [6.45, 7) is 4.63. The Labute approximate surface area is 184 Å². The van der Waals surface area contributed by atoms with E-state index in [0.29, 0.717) is 24.4 Å². The van der Waals surface area contributed by atoms with Gasteiger partial charge in [-0.25, -0.2) is 4.39 Å². The van der Waals surface area contributed by atoms with Crippen LogP contribution in [0, 0.1) is 5.82 Å². The van der Waals surface area contributed by atoms with Gasteiger partial charge < -0.3 is 15.4 Å². The molecule has 32 heavy (non-hydrogen) atoms. The number of hydrogen-bond acceptors (Lipinski definition) is 4.